The van der Waals surface area contributed by atoms with Gasteiger partial charge in [-0.15, -0.1) is 11.3 Å². The van der Waals surface area contributed by atoms with Gasteiger partial charge in [0.15, 0.2) is 0 Å². The van der Waals surface area contributed by atoms with E-state index in [9.17, 15) is 4.79 Å². The Balaban J connectivity index is 1.59. The van der Waals surface area contributed by atoms with Crippen molar-refractivity contribution < 1.29 is 4.79 Å². The van der Waals surface area contributed by atoms with Gasteiger partial charge in [0.05, 0.1) is 22.1 Å². The molecular weight excluding hydrogens is 334 g/mol. The Kier molecular flexibility index (Phi) is 5.45. The van der Waals surface area contributed by atoms with Crippen molar-refractivity contribution in [1.29, 1.82) is 0 Å². The number of anilines is 1. The molecule has 7 heteroatoms. The van der Waals surface area contributed by atoms with Gasteiger partial charge in [0.2, 0.25) is 0 Å². The molecule has 0 unspecified atom stereocenters. The van der Waals surface area contributed by atoms with Gasteiger partial charge in [-0.3, -0.25) is 0 Å². The monoisotopic (exact) mass is 355 g/mol. The molecule has 0 aliphatic heterocycles. The SMILES string of the molecule is CCc1nc(CCNC(=O)Nc2ccccc2-n2nccc2C)cs1. The average molecular weight is 355 g/mol. The standard InChI is InChI=1S/C18H21N5OS/c1-3-17-21-14(12-25-17)9-10-19-18(24)22-15-6-4-5-7-16(15)23-13(2)8-11-20-23/h4-8,11-12H,3,9-10H2,1-2H3,(H2,19,22,24). The highest BCUT2D eigenvalue weighted by Crippen LogP contribution is 2.20. The number of rotatable bonds is 6. The summed E-state index contributed by atoms with van der Waals surface area (Å²) in [6.45, 7) is 4.61. The molecule has 0 spiro atoms. The summed E-state index contributed by atoms with van der Waals surface area (Å²) in [4.78, 5) is 16.7. The van der Waals surface area contributed by atoms with Gasteiger partial charge in [-0.25, -0.2) is 14.5 Å². The van der Waals surface area contributed by atoms with Crippen molar-refractivity contribution >= 4 is 23.1 Å². The molecule has 6 nitrogen and oxygen atoms in total. The number of nitrogens with one attached hydrogen (secondary N) is 2. The van der Waals surface area contributed by atoms with Crippen molar-refractivity contribution in [2.45, 2.75) is 26.7 Å². The second-order valence-electron chi connectivity index (χ2n) is 5.62. The van der Waals surface area contributed by atoms with Gasteiger partial charge in [-0.1, -0.05) is 19.1 Å². The van der Waals surface area contributed by atoms with Crippen molar-refractivity contribution in [3.8, 4) is 5.69 Å². The van der Waals surface area contributed by atoms with Gasteiger partial charge in [0, 0.05) is 30.2 Å². The number of aromatic nitrogens is 3. The lowest BCUT2D eigenvalue weighted by atomic mass is 10.2. The number of hydrogen-bond donors (Lipinski definition) is 2. The smallest absolute Gasteiger partial charge is 0.319 e. The van der Waals surface area contributed by atoms with Crippen LogP contribution in [0.3, 0.4) is 0 Å². The van der Waals surface area contributed by atoms with Gasteiger partial charge in [-0.2, -0.15) is 5.10 Å². The number of thiazole rings is 1. The van der Waals surface area contributed by atoms with E-state index in [1.807, 2.05) is 42.6 Å². The Labute approximate surface area is 150 Å². The van der Waals surface area contributed by atoms with Crippen LogP contribution in [0.5, 0.6) is 0 Å². The molecule has 3 aromatic rings. The highest BCUT2D eigenvalue weighted by atomic mass is 32.1. The summed E-state index contributed by atoms with van der Waals surface area (Å²) in [5, 5.41) is 13.3. The maximum atomic E-state index is 12.2. The van der Waals surface area contributed by atoms with Crippen LogP contribution in [0.15, 0.2) is 41.9 Å². The first-order chi connectivity index (χ1) is 12.2. The van der Waals surface area contributed by atoms with Crippen molar-refractivity contribution in [3.63, 3.8) is 0 Å². The van der Waals surface area contributed by atoms with E-state index in [2.05, 4.69) is 27.6 Å². The fourth-order valence-electron chi connectivity index (χ4n) is 2.48. The van der Waals surface area contributed by atoms with E-state index < -0.39 is 0 Å². The zero-order chi connectivity index (χ0) is 17.6. The van der Waals surface area contributed by atoms with Crippen molar-refractivity contribution in [2.24, 2.45) is 0 Å². The predicted molar refractivity (Wildman–Crippen MR) is 101 cm³/mol. The van der Waals surface area contributed by atoms with E-state index in [0.717, 1.165) is 34.9 Å². The molecule has 130 valence electrons. The topological polar surface area (TPSA) is 71.8 Å². The Morgan fingerprint density at radius 3 is 2.84 bits per heavy atom. The summed E-state index contributed by atoms with van der Waals surface area (Å²) >= 11 is 1.66. The first kappa shape index (κ1) is 17.2. The minimum atomic E-state index is -0.233. The summed E-state index contributed by atoms with van der Waals surface area (Å²) in [5.74, 6) is 0. The summed E-state index contributed by atoms with van der Waals surface area (Å²) in [6.07, 6.45) is 3.41. The fraction of sp³-hybridized carbons (Fsp3) is 0.278. The zero-order valence-corrected chi connectivity index (χ0v) is 15.1. The molecule has 2 N–H and O–H groups in total. The molecule has 1 aromatic carbocycles. The van der Waals surface area contributed by atoms with E-state index in [0.29, 0.717) is 12.2 Å². The molecule has 2 heterocycles. The van der Waals surface area contributed by atoms with E-state index in [1.165, 1.54) is 0 Å². The van der Waals surface area contributed by atoms with Crippen LogP contribution in [-0.2, 0) is 12.8 Å². The van der Waals surface area contributed by atoms with E-state index in [4.69, 9.17) is 0 Å². The number of benzene rings is 1. The fourth-order valence-corrected chi connectivity index (χ4v) is 3.26. The van der Waals surface area contributed by atoms with Gasteiger partial charge in [-0.05, 0) is 31.5 Å². The third-order valence-electron chi connectivity index (χ3n) is 3.78. The molecule has 3 rings (SSSR count). The van der Waals surface area contributed by atoms with Crippen molar-refractivity contribution in [1.82, 2.24) is 20.1 Å². The van der Waals surface area contributed by atoms with Gasteiger partial charge in [0.1, 0.15) is 0 Å². The van der Waals surface area contributed by atoms with Crippen molar-refractivity contribution in [3.05, 3.63) is 58.3 Å². The lowest BCUT2D eigenvalue weighted by Gasteiger charge is -2.13. The maximum absolute atomic E-state index is 12.2. The second-order valence-corrected chi connectivity index (χ2v) is 6.56. The highest BCUT2D eigenvalue weighted by Gasteiger charge is 2.10. The number of carbonyl (C=O) groups is 1. The Morgan fingerprint density at radius 2 is 2.12 bits per heavy atom. The highest BCUT2D eigenvalue weighted by molar-refractivity contribution is 7.09. The largest absolute Gasteiger partial charge is 0.337 e. The van der Waals surface area contributed by atoms with Crippen LogP contribution < -0.4 is 10.6 Å². The Bertz CT molecular complexity index is 855. The van der Waals surface area contributed by atoms with Gasteiger partial charge < -0.3 is 10.6 Å². The molecule has 0 atom stereocenters. The average Bonchev–Trinajstić information content (AvgIpc) is 3.24. The van der Waals surface area contributed by atoms with Crippen LogP contribution in [0, 0.1) is 6.92 Å². The summed E-state index contributed by atoms with van der Waals surface area (Å²) in [7, 11) is 0. The number of aryl methyl sites for hydroxylation is 2. The molecule has 0 saturated carbocycles. The number of carbonyl (C=O) groups excluding carboxylic acids is 1. The number of para-hydroxylation sites is 2. The zero-order valence-electron chi connectivity index (χ0n) is 14.3. The van der Waals surface area contributed by atoms with Crippen LogP contribution in [-0.4, -0.2) is 27.3 Å². The van der Waals surface area contributed by atoms with Crippen molar-refractivity contribution in [2.75, 3.05) is 11.9 Å². The first-order valence-electron chi connectivity index (χ1n) is 8.25. The normalized spacial score (nSPS) is 10.6. The number of hydrogen-bond acceptors (Lipinski definition) is 4. The van der Waals surface area contributed by atoms with E-state index in [1.54, 1.807) is 22.2 Å². The van der Waals surface area contributed by atoms with E-state index >= 15 is 0 Å². The van der Waals surface area contributed by atoms with Crippen LogP contribution in [0.4, 0.5) is 10.5 Å². The molecule has 0 bridgehead atoms. The van der Waals surface area contributed by atoms with Crippen LogP contribution in [0.1, 0.15) is 23.3 Å². The summed E-state index contributed by atoms with van der Waals surface area (Å²) in [6, 6.07) is 9.30. The number of urea groups is 1. The molecule has 2 amide bonds. The predicted octanol–water partition coefficient (Wildman–Crippen LogP) is 3.56. The minimum absolute atomic E-state index is 0.233. The second kappa shape index (κ2) is 7.94. The van der Waals surface area contributed by atoms with Gasteiger partial charge in [0.25, 0.3) is 0 Å². The summed E-state index contributed by atoms with van der Waals surface area (Å²) in [5.41, 5.74) is 3.58. The lowest BCUT2D eigenvalue weighted by molar-refractivity contribution is 0.252. The summed E-state index contributed by atoms with van der Waals surface area (Å²) < 4.78 is 1.80. The molecule has 2 aromatic heterocycles. The third kappa shape index (κ3) is 4.24. The molecule has 0 aliphatic rings. The molecule has 0 radical (unpaired) electrons. The first-order valence-corrected chi connectivity index (χ1v) is 9.13. The molecule has 25 heavy (non-hydrogen) atoms. The Morgan fingerprint density at radius 1 is 1.28 bits per heavy atom. The van der Waals surface area contributed by atoms with Crippen LogP contribution in [0.2, 0.25) is 0 Å². The Hall–Kier alpha value is -2.67. The molecular formula is C18H21N5OS. The van der Waals surface area contributed by atoms with Crippen LogP contribution in [0.25, 0.3) is 5.69 Å². The molecule has 0 saturated heterocycles. The van der Waals surface area contributed by atoms with Gasteiger partial charge >= 0.3 is 6.03 Å². The molecule has 0 aliphatic carbocycles. The minimum Gasteiger partial charge on any atom is -0.337 e. The van der Waals surface area contributed by atoms with E-state index in [-0.39, 0.29) is 6.03 Å². The number of amides is 2. The quantitative estimate of drug-likeness (QED) is 0.710. The third-order valence-corrected chi connectivity index (χ3v) is 4.82. The van der Waals surface area contributed by atoms with Crippen LogP contribution >= 0.6 is 11.3 Å². The maximum Gasteiger partial charge on any atom is 0.319 e. The molecule has 0 fully saturated rings. The lowest BCUT2D eigenvalue weighted by Crippen LogP contribution is -2.31. The number of nitrogens with zero attached hydrogens (tertiary/aromatic N) is 3.